The van der Waals surface area contributed by atoms with E-state index >= 15 is 0 Å². The molecule has 2 aromatic rings. The minimum absolute atomic E-state index is 0.0508. The second-order valence-electron chi connectivity index (χ2n) is 7.76. The first-order valence-electron chi connectivity index (χ1n) is 10.3. The number of amides is 1. The van der Waals surface area contributed by atoms with Crippen molar-refractivity contribution in [2.75, 3.05) is 13.2 Å². The van der Waals surface area contributed by atoms with Gasteiger partial charge >= 0.3 is 0 Å². The van der Waals surface area contributed by atoms with Gasteiger partial charge in [-0.2, -0.15) is 0 Å². The van der Waals surface area contributed by atoms with Gasteiger partial charge in [0.2, 0.25) is 5.91 Å². The summed E-state index contributed by atoms with van der Waals surface area (Å²) in [6.07, 6.45) is 7.26. The molecule has 1 saturated heterocycles. The van der Waals surface area contributed by atoms with Crippen LogP contribution in [0.5, 0.6) is 0 Å². The zero-order valence-corrected chi connectivity index (χ0v) is 16.5. The Morgan fingerprint density at radius 1 is 1.32 bits per heavy atom. The normalized spacial score (nSPS) is 19.0. The van der Waals surface area contributed by atoms with Crippen LogP contribution in [0.15, 0.2) is 22.8 Å². The molecule has 3 heterocycles. The maximum absolute atomic E-state index is 12.7. The lowest BCUT2D eigenvalue weighted by molar-refractivity contribution is -0.120. The van der Waals surface area contributed by atoms with Crippen LogP contribution in [0.25, 0.3) is 0 Å². The van der Waals surface area contributed by atoms with Gasteiger partial charge in [-0.3, -0.25) is 9.59 Å². The molecule has 0 aromatic carbocycles. The molecule has 1 atom stereocenters. The fourth-order valence-electron chi connectivity index (χ4n) is 4.44. The lowest BCUT2D eigenvalue weighted by Crippen LogP contribution is -2.28. The quantitative estimate of drug-likeness (QED) is 0.796. The molecule has 0 bridgehead atoms. The molecule has 0 spiro atoms. The number of fused-ring (bicyclic) bond motifs is 1. The summed E-state index contributed by atoms with van der Waals surface area (Å²) >= 11 is 0. The third-order valence-corrected chi connectivity index (χ3v) is 5.88. The average Bonchev–Trinajstić information content (AvgIpc) is 3.41. The molecule has 150 valence electrons. The fourth-order valence-corrected chi connectivity index (χ4v) is 4.44. The van der Waals surface area contributed by atoms with Crippen molar-refractivity contribution in [3.63, 3.8) is 0 Å². The molecule has 0 radical (unpaired) electrons. The van der Waals surface area contributed by atoms with Gasteiger partial charge in [0.15, 0.2) is 5.78 Å². The Kier molecular flexibility index (Phi) is 5.67. The lowest BCUT2D eigenvalue weighted by Gasteiger charge is -2.18. The molecule has 1 amide bonds. The van der Waals surface area contributed by atoms with Crippen LogP contribution >= 0.6 is 0 Å². The zero-order chi connectivity index (χ0) is 19.5. The predicted octanol–water partition coefficient (Wildman–Crippen LogP) is 2.99. The Morgan fingerprint density at radius 2 is 2.21 bits per heavy atom. The van der Waals surface area contributed by atoms with Crippen LogP contribution < -0.4 is 5.32 Å². The van der Waals surface area contributed by atoms with Crippen LogP contribution in [0.2, 0.25) is 0 Å². The van der Waals surface area contributed by atoms with E-state index in [9.17, 15) is 9.59 Å². The van der Waals surface area contributed by atoms with Crippen molar-refractivity contribution in [3.8, 4) is 0 Å². The number of carbonyl (C=O) groups excluding carboxylic acids is 2. The number of nitrogens with one attached hydrogen (secondary N) is 1. The number of ether oxygens (including phenoxy) is 1. The van der Waals surface area contributed by atoms with E-state index in [1.807, 2.05) is 19.1 Å². The van der Waals surface area contributed by atoms with Crippen LogP contribution in [0.4, 0.5) is 0 Å². The highest BCUT2D eigenvalue weighted by molar-refractivity contribution is 6.01. The average molecular weight is 384 g/mol. The van der Waals surface area contributed by atoms with Crippen LogP contribution in [0.3, 0.4) is 0 Å². The number of furan rings is 1. The third kappa shape index (κ3) is 3.92. The largest absolute Gasteiger partial charge is 0.469 e. The number of aromatic nitrogens is 1. The molecule has 6 nitrogen and oxygen atoms in total. The van der Waals surface area contributed by atoms with Crippen molar-refractivity contribution in [1.82, 2.24) is 9.88 Å². The van der Waals surface area contributed by atoms with E-state index in [1.165, 1.54) is 0 Å². The molecular formula is C22H28N2O4. The number of hydrogen-bond donors (Lipinski definition) is 1. The summed E-state index contributed by atoms with van der Waals surface area (Å²) in [7, 11) is 0. The van der Waals surface area contributed by atoms with Gasteiger partial charge in [0, 0.05) is 49.5 Å². The summed E-state index contributed by atoms with van der Waals surface area (Å²) in [5.41, 5.74) is 3.83. The molecule has 1 fully saturated rings. The molecule has 2 aliphatic rings. The Labute approximate surface area is 165 Å². The molecular weight excluding hydrogens is 356 g/mol. The Hall–Kier alpha value is -2.34. The highest BCUT2D eigenvalue weighted by atomic mass is 16.5. The van der Waals surface area contributed by atoms with Crippen molar-refractivity contribution in [1.29, 1.82) is 0 Å². The van der Waals surface area contributed by atoms with Crippen LogP contribution in [-0.2, 0) is 35.3 Å². The predicted molar refractivity (Wildman–Crippen MR) is 105 cm³/mol. The van der Waals surface area contributed by atoms with Gasteiger partial charge in [-0.1, -0.05) is 0 Å². The minimum atomic E-state index is -0.0508. The molecule has 4 rings (SSSR count). The number of ketones is 1. The Balaban J connectivity index is 1.49. The monoisotopic (exact) mass is 384 g/mol. The molecule has 0 saturated carbocycles. The van der Waals surface area contributed by atoms with Gasteiger partial charge in [-0.25, -0.2) is 0 Å². The number of nitrogens with zero attached hydrogens (tertiary/aromatic N) is 1. The first kappa shape index (κ1) is 19.0. The first-order chi connectivity index (χ1) is 13.6. The summed E-state index contributed by atoms with van der Waals surface area (Å²) in [5, 5.41) is 2.96. The number of rotatable bonds is 7. The van der Waals surface area contributed by atoms with Crippen molar-refractivity contribution in [3.05, 3.63) is 46.7 Å². The summed E-state index contributed by atoms with van der Waals surface area (Å²) in [4.78, 5) is 25.2. The van der Waals surface area contributed by atoms with Gasteiger partial charge in [0.1, 0.15) is 5.76 Å². The summed E-state index contributed by atoms with van der Waals surface area (Å²) in [5.74, 6) is 0.977. The SMILES string of the molecule is Cc1c(CC(=O)NCCc2ccco2)c2c(n1C[C@@H]1CCCO1)CCCC2=O. The lowest BCUT2D eigenvalue weighted by atomic mass is 9.92. The van der Waals surface area contributed by atoms with Crippen LogP contribution in [-0.4, -0.2) is 35.5 Å². The van der Waals surface area contributed by atoms with Crippen molar-refractivity contribution in [2.45, 2.75) is 64.5 Å². The van der Waals surface area contributed by atoms with E-state index in [1.54, 1.807) is 6.26 Å². The van der Waals surface area contributed by atoms with Crippen LogP contribution in [0.1, 0.15) is 58.8 Å². The van der Waals surface area contributed by atoms with E-state index in [4.69, 9.17) is 9.15 Å². The van der Waals surface area contributed by atoms with E-state index in [2.05, 4.69) is 9.88 Å². The van der Waals surface area contributed by atoms with Gasteiger partial charge < -0.3 is 19.0 Å². The third-order valence-electron chi connectivity index (χ3n) is 5.88. The van der Waals surface area contributed by atoms with E-state index in [0.717, 1.165) is 67.1 Å². The van der Waals surface area contributed by atoms with Gasteiger partial charge in [-0.15, -0.1) is 0 Å². The fraction of sp³-hybridized carbons (Fsp3) is 0.545. The van der Waals surface area contributed by atoms with Crippen LogP contribution in [0, 0.1) is 6.92 Å². The minimum Gasteiger partial charge on any atom is -0.469 e. The highest BCUT2D eigenvalue weighted by Crippen LogP contribution is 2.31. The molecule has 1 N–H and O–H groups in total. The van der Waals surface area contributed by atoms with E-state index in [-0.39, 0.29) is 24.2 Å². The Morgan fingerprint density at radius 3 is 2.96 bits per heavy atom. The second-order valence-corrected chi connectivity index (χ2v) is 7.76. The summed E-state index contributed by atoms with van der Waals surface area (Å²) in [6.45, 7) is 4.16. The molecule has 1 aliphatic carbocycles. The van der Waals surface area contributed by atoms with Gasteiger partial charge in [0.25, 0.3) is 0 Å². The number of carbonyl (C=O) groups is 2. The first-order valence-corrected chi connectivity index (χ1v) is 10.3. The maximum Gasteiger partial charge on any atom is 0.224 e. The van der Waals surface area contributed by atoms with Crippen molar-refractivity contribution >= 4 is 11.7 Å². The van der Waals surface area contributed by atoms with Crippen molar-refractivity contribution in [2.24, 2.45) is 0 Å². The standard InChI is InChI=1S/C22H28N2O4/c1-15-18(13-21(26)23-10-9-16-5-3-11-27-16)22-19(7-2-8-20(22)25)24(15)14-17-6-4-12-28-17/h3,5,11,17H,2,4,6-10,12-14H2,1H3,(H,23,26)/t17-/m0/s1. The second kappa shape index (κ2) is 8.35. The number of hydrogen-bond acceptors (Lipinski definition) is 4. The highest BCUT2D eigenvalue weighted by Gasteiger charge is 2.30. The zero-order valence-electron chi connectivity index (χ0n) is 16.5. The smallest absolute Gasteiger partial charge is 0.224 e. The topological polar surface area (TPSA) is 73.5 Å². The van der Waals surface area contributed by atoms with E-state index < -0.39 is 0 Å². The number of Topliss-reactive ketones (excluding diaryl/α,β-unsaturated/α-hetero) is 1. The molecule has 6 heteroatoms. The maximum atomic E-state index is 12.7. The van der Waals surface area contributed by atoms with Gasteiger partial charge in [-0.05, 0) is 50.3 Å². The molecule has 0 unspecified atom stereocenters. The molecule has 28 heavy (non-hydrogen) atoms. The van der Waals surface area contributed by atoms with Crippen molar-refractivity contribution < 1.29 is 18.7 Å². The Bertz CT molecular complexity index is 845. The van der Waals surface area contributed by atoms with Gasteiger partial charge in [0.05, 0.1) is 18.8 Å². The van der Waals surface area contributed by atoms with E-state index in [0.29, 0.717) is 19.4 Å². The summed E-state index contributed by atoms with van der Waals surface area (Å²) < 4.78 is 13.4. The summed E-state index contributed by atoms with van der Waals surface area (Å²) in [6, 6.07) is 3.74. The molecule has 2 aromatic heterocycles. The molecule has 1 aliphatic heterocycles.